The molecule has 0 saturated carbocycles. The number of piperazine rings is 1. The molecule has 0 radical (unpaired) electrons. The van der Waals surface area contributed by atoms with E-state index in [1.54, 1.807) is 0 Å². The number of aryl methyl sites for hydroxylation is 1. The Morgan fingerprint density at radius 3 is 1.66 bits per heavy atom. The average molecular weight is 634 g/mol. The third-order valence-electron chi connectivity index (χ3n) is 7.99. The van der Waals surface area contributed by atoms with Crippen molar-refractivity contribution in [1.29, 1.82) is 0 Å². The zero-order valence-electron chi connectivity index (χ0n) is 26.7. The summed E-state index contributed by atoms with van der Waals surface area (Å²) in [6.45, 7) is 5.91. The summed E-state index contributed by atoms with van der Waals surface area (Å²) in [6, 6.07) is 37.6. The fraction of sp³-hybridized carbons (Fsp3) is 0.289. The van der Waals surface area contributed by atoms with Crippen LogP contribution in [0.1, 0.15) is 35.1 Å². The SMILES string of the molecule is O=C(NC(=NCc1ccc(CCCCN2CCN(c3ccccc3)CC2)cc1)NC(=O)OCc1ccccc1)OCc1ccccc1. The molecule has 2 amide bonds. The third kappa shape index (κ3) is 11.6. The lowest BCUT2D eigenvalue weighted by Gasteiger charge is -2.36. The number of carbonyl (C=O) groups is 2. The summed E-state index contributed by atoms with van der Waals surface area (Å²) in [5.41, 5.74) is 5.22. The van der Waals surface area contributed by atoms with Gasteiger partial charge in [-0.3, -0.25) is 15.5 Å². The third-order valence-corrected chi connectivity index (χ3v) is 7.99. The Morgan fingerprint density at radius 2 is 1.11 bits per heavy atom. The van der Waals surface area contributed by atoms with Gasteiger partial charge in [-0.25, -0.2) is 14.6 Å². The molecule has 47 heavy (non-hydrogen) atoms. The van der Waals surface area contributed by atoms with Crippen molar-refractivity contribution in [2.45, 2.75) is 39.0 Å². The number of benzene rings is 4. The Balaban J connectivity index is 1.07. The number of unbranched alkanes of at least 4 members (excludes halogenated alkanes) is 1. The number of alkyl carbamates (subject to hydrolysis) is 2. The van der Waals surface area contributed by atoms with Gasteiger partial charge < -0.3 is 14.4 Å². The van der Waals surface area contributed by atoms with E-state index >= 15 is 0 Å². The van der Waals surface area contributed by atoms with E-state index in [1.165, 1.54) is 17.7 Å². The Morgan fingerprint density at radius 1 is 0.596 bits per heavy atom. The molecule has 9 heteroatoms. The number of ether oxygens (including phenoxy) is 2. The highest BCUT2D eigenvalue weighted by Gasteiger charge is 2.16. The summed E-state index contributed by atoms with van der Waals surface area (Å²) in [5.74, 6) is -0.0465. The van der Waals surface area contributed by atoms with Crippen LogP contribution in [0.3, 0.4) is 0 Å². The topological polar surface area (TPSA) is 95.5 Å². The van der Waals surface area contributed by atoms with Crippen LogP contribution in [0.2, 0.25) is 0 Å². The van der Waals surface area contributed by atoms with Crippen LogP contribution in [0.25, 0.3) is 0 Å². The van der Waals surface area contributed by atoms with E-state index in [-0.39, 0.29) is 25.7 Å². The van der Waals surface area contributed by atoms with Crippen LogP contribution in [0.15, 0.2) is 120 Å². The molecule has 1 fully saturated rings. The van der Waals surface area contributed by atoms with Crippen LogP contribution in [0.5, 0.6) is 0 Å². The van der Waals surface area contributed by atoms with Crippen LogP contribution in [-0.4, -0.2) is 55.8 Å². The minimum atomic E-state index is -0.732. The molecule has 1 aliphatic heterocycles. The first-order valence-electron chi connectivity index (χ1n) is 16.2. The predicted octanol–water partition coefficient (Wildman–Crippen LogP) is 6.54. The summed E-state index contributed by atoms with van der Waals surface area (Å²) in [6.07, 6.45) is 1.85. The van der Waals surface area contributed by atoms with E-state index in [1.807, 2.05) is 72.8 Å². The lowest BCUT2D eigenvalue weighted by atomic mass is 10.1. The number of para-hydroxylation sites is 1. The summed E-state index contributed by atoms with van der Waals surface area (Å²) >= 11 is 0. The number of hydrogen-bond acceptors (Lipinski definition) is 7. The van der Waals surface area contributed by atoms with E-state index in [9.17, 15) is 9.59 Å². The molecule has 244 valence electrons. The first-order chi connectivity index (χ1) is 23.1. The molecule has 2 N–H and O–H groups in total. The first kappa shape index (κ1) is 33.2. The Bertz CT molecular complexity index is 1480. The van der Waals surface area contributed by atoms with Gasteiger partial charge in [-0.15, -0.1) is 0 Å². The van der Waals surface area contributed by atoms with E-state index in [4.69, 9.17) is 9.47 Å². The molecular weight excluding hydrogens is 590 g/mol. The molecule has 1 heterocycles. The number of guanidine groups is 1. The number of carbonyl (C=O) groups excluding carboxylic acids is 2. The molecule has 4 aromatic rings. The number of nitrogens with zero attached hydrogens (tertiary/aromatic N) is 3. The summed E-state index contributed by atoms with van der Waals surface area (Å²) in [4.78, 5) is 34.5. The van der Waals surface area contributed by atoms with Crippen molar-refractivity contribution in [3.63, 3.8) is 0 Å². The molecule has 0 atom stereocenters. The van der Waals surface area contributed by atoms with Gasteiger partial charge in [-0.05, 0) is 60.2 Å². The molecular formula is C38H43N5O4. The van der Waals surface area contributed by atoms with Gasteiger partial charge in [0.15, 0.2) is 0 Å². The second kappa shape index (κ2) is 18.1. The van der Waals surface area contributed by atoms with E-state index in [0.717, 1.165) is 62.3 Å². The quantitative estimate of drug-likeness (QED) is 0.105. The van der Waals surface area contributed by atoms with Gasteiger partial charge in [0.05, 0.1) is 6.54 Å². The molecule has 1 saturated heterocycles. The number of nitrogens with one attached hydrogen (secondary N) is 2. The summed E-state index contributed by atoms with van der Waals surface area (Å²) < 4.78 is 10.6. The molecule has 9 nitrogen and oxygen atoms in total. The Hall–Kier alpha value is -5.15. The molecule has 4 aromatic carbocycles. The second-order valence-corrected chi connectivity index (χ2v) is 11.5. The highest BCUT2D eigenvalue weighted by molar-refractivity contribution is 6.01. The lowest BCUT2D eigenvalue weighted by molar-refractivity contribution is 0.141. The van der Waals surface area contributed by atoms with Crippen molar-refractivity contribution < 1.29 is 19.1 Å². The van der Waals surface area contributed by atoms with Gasteiger partial charge in [0.1, 0.15) is 13.2 Å². The van der Waals surface area contributed by atoms with Gasteiger partial charge in [0.2, 0.25) is 5.96 Å². The minimum Gasteiger partial charge on any atom is -0.444 e. The van der Waals surface area contributed by atoms with Crippen LogP contribution in [-0.2, 0) is 35.7 Å². The Labute approximate surface area is 277 Å². The normalized spacial score (nSPS) is 13.0. The van der Waals surface area contributed by atoms with E-state index in [2.05, 4.69) is 67.9 Å². The van der Waals surface area contributed by atoms with Gasteiger partial charge in [-0.2, -0.15) is 0 Å². The van der Waals surface area contributed by atoms with Gasteiger partial charge in [-0.1, -0.05) is 103 Å². The fourth-order valence-electron chi connectivity index (χ4n) is 5.34. The Kier molecular flexibility index (Phi) is 12.8. The molecule has 5 rings (SSSR count). The lowest BCUT2D eigenvalue weighted by Crippen LogP contribution is -2.46. The van der Waals surface area contributed by atoms with Crippen molar-refractivity contribution in [3.05, 3.63) is 138 Å². The molecule has 0 spiro atoms. The van der Waals surface area contributed by atoms with Crippen molar-refractivity contribution in [2.75, 3.05) is 37.6 Å². The maximum absolute atomic E-state index is 12.5. The average Bonchev–Trinajstić information content (AvgIpc) is 3.12. The van der Waals surface area contributed by atoms with E-state index < -0.39 is 12.2 Å². The van der Waals surface area contributed by atoms with Gasteiger partial charge >= 0.3 is 12.2 Å². The summed E-state index contributed by atoms with van der Waals surface area (Å²) in [5, 5.41) is 5.08. The van der Waals surface area contributed by atoms with Crippen LogP contribution >= 0.6 is 0 Å². The standard InChI is InChI=1S/C38H43N5O4/c44-37(46-29-33-13-4-1-5-14-33)40-36(41-38(45)47-30-34-15-6-2-7-16-34)39-28-32-21-19-31(20-22-32)12-10-11-23-42-24-26-43(27-25-42)35-17-8-3-9-18-35/h1-9,13-22H,10-12,23-30H2,(H2,39,40,41,44,45). The smallest absolute Gasteiger partial charge is 0.414 e. The zero-order chi connectivity index (χ0) is 32.5. The predicted molar refractivity (Wildman–Crippen MR) is 185 cm³/mol. The number of hydrogen-bond donors (Lipinski definition) is 2. The monoisotopic (exact) mass is 633 g/mol. The van der Waals surface area contributed by atoms with Crippen LogP contribution < -0.4 is 15.5 Å². The van der Waals surface area contributed by atoms with E-state index in [0.29, 0.717) is 0 Å². The maximum Gasteiger partial charge on any atom is 0.414 e. The molecule has 0 unspecified atom stereocenters. The van der Waals surface area contributed by atoms with Gasteiger partial charge in [0, 0.05) is 31.9 Å². The highest BCUT2D eigenvalue weighted by Crippen LogP contribution is 2.16. The molecule has 0 aromatic heterocycles. The number of amides is 2. The summed E-state index contributed by atoms with van der Waals surface area (Å²) in [7, 11) is 0. The second-order valence-electron chi connectivity index (χ2n) is 11.5. The maximum atomic E-state index is 12.5. The van der Waals surface area contributed by atoms with Crippen molar-refractivity contribution in [1.82, 2.24) is 15.5 Å². The van der Waals surface area contributed by atoms with Crippen LogP contribution in [0, 0.1) is 0 Å². The number of aliphatic imine (C=N–C) groups is 1. The minimum absolute atomic E-state index is 0.0465. The highest BCUT2D eigenvalue weighted by atomic mass is 16.6. The number of rotatable bonds is 12. The fourth-order valence-corrected chi connectivity index (χ4v) is 5.34. The molecule has 1 aliphatic rings. The van der Waals surface area contributed by atoms with Crippen molar-refractivity contribution in [2.24, 2.45) is 4.99 Å². The van der Waals surface area contributed by atoms with Crippen molar-refractivity contribution >= 4 is 23.8 Å². The first-order valence-corrected chi connectivity index (χ1v) is 16.2. The number of anilines is 1. The molecule has 0 aliphatic carbocycles. The van der Waals surface area contributed by atoms with Crippen molar-refractivity contribution in [3.8, 4) is 0 Å². The molecule has 0 bridgehead atoms. The largest absolute Gasteiger partial charge is 0.444 e. The van der Waals surface area contributed by atoms with Crippen LogP contribution in [0.4, 0.5) is 15.3 Å². The zero-order valence-corrected chi connectivity index (χ0v) is 26.7. The van der Waals surface area contributed by atoms with Gasteiger partial charge in [0.25, 0.3) is 0 Å².